The van der Waals surface area contributed by atoms with Gasteiger partial charge < -0.3 is 28.1 Å². The molecule has 0 aliphatic carbocycles. The largest absolute Gasteiger partial charge is 2.00 e. The first kappa shape index (κ1) is 36.7. The van der Waals surface area contributed by atoms with Gasteiger partial charge >= 0.3 is 31.1 Å². The van der Waals surface area contributed by atoms with Gasteiger partial charge in [-0.15, -0.1) is 10.5 Å². The SMILES string of the molecule is CCN(CC)c1ccc2c(c1)Oc1cc(N(CC)CC)ccc1[C-]2c1ccc(S(=O)(=O)NCCc2ccc(O)cc2)cc1[S-](=O)=O.[U+2]. The van der Waals surface area contributed by atoms with E-state index < -0.39 is 20.7 Å². The second-order valence-corrected chi connectivity index (χ2v) is 13.6. The van der Waals surface area contributed by atoms with Crippen LogP contribution in [-0.2, 0) is 35.6 Å². The Morgan fingerprint density at radius 1 is 0.745 bits per heavy atom. The Balaban J connectivity index is 0.00000500. The van der Waals surface area contributed by atoms with Gasteiger partial charge in [0.15, 0.2) is 0 Å². The van der Waals surface area contributed by atoms with Crippen LogP contribution in [0.1, 0.15) is 49.9 Å². The number of nitrogens with one attached hydrogen (secondary N) is 1. The summed E-state index contributed by atoms with van der Waals surface area (Å²) in [5, 5.41) is 9.49. The summed E-state index contributed by atoms with van der Waals surface area (Å²) in [7, 11) is -6.77. The average molecular weight is 900 g/mol. The van der Waals surface area contributed by atoms with E-state index in [1.807, 2.05) is 36.4 Å². The summed E-state index contributed by atoms with van der Waals surface area (Å²) >= 11 is 0. The number of phenols is 1. The molecule has 1 heterocycles. The first-order valence-corrected chi connectivity index (χ1v) is 18.0. The predicted molar refractivity (Wildman–Crippen MR) is 181 cm³/mol. The molecule has 0 fully saturated rings. The van der Waals surface area contributed by atoms with Crippen molar-refractivity contribution < 1.29 is 57.8 Å². The minimum atomic E-state index is -4.02. The van der Waals surface area contributed by atoms with Crippen LogP contribution in [0, 0.1) is 37.0 Å². The predicted octanol–water partition coefficient (Wildman–Crippen LogP) is 6.40. The van der Waals surface area contributed by atoms with E-state index in [1.165, 1.54) is 24.3 Å². The number of fused-ring (bicyclic) bond motifs is 2. The van der Waals surface area contributed by atoms with E-state index in [1.54, 1.807) is 18.2 Å². The molecule has 0 saturated heterocycles. The number of hydrogen-bond acceptors (Lipinski definition) is 9. The Bertz CT molecular complexity index is 1820. The van der Waals surface area contributed by atoms with E-state index in [-0.39, 0.29) is 53.2 Å². The van der Waals surface area contributed by atoms with Crippen LogP contribution in [0.25, 0.3) is 0 Å². The number of anilines is 2. The minimum Gasteiger partial charge on any atom is -0.508 e. The fraction of sp³-hybridized carbons (Fsp3) is 0.286. The zero-order valence-electron chi connectivity index (χ0n) is 26.9. The van der Waals surface area contributed by atoms with E-state index in [0.717, 1.165) is 43.1 Å². The molecule has 0 amide bonds. The maximum Gasteiger partial charge on any atom is 2.00 e. The summed E-state index contributed by atoms with van der Waals surface area (Å²) in [6.07, 6.45) is 0.397. The number of ether oxygens (including phenoxy) is 1. The molecule has 246 valence electrons. The smallest absolute Gasteiger partial charge is 0.508 e. The van der Waals surface area contributed by atoms with E-state index in [0.29, 0.717) is 40.5 Å². The van der Waals surface area contributed by atoms with Crippen LogP contribution in [-0.4, -0.2) is 46.2 Å². The first-order chi connectivity index (χ1) is 22.1. The molecule has 0 atom stereocenters. The molecule has 0 unspecified atom stereocenters. The molecule has 0 spiro atoms. The quantitative estimate of drug-likeness (QED) is 0.103. The normalized spacial score (nSPS) is 12.1. The number of hydrogen-bond donors (Lipinski definition) is 2. The van der Waals surface area contributed by atoms with Crippen molar-refractivity contribution in [2.75, 3.05) is 42.5 Å². The van der Waals surface area contributed by atoms with Crippen LogP contribution < -0.4 is 19.3 Å². The molecule has 4 aromatic rings. The van der Waals surface area contributed by atoms with Crippen molar-refractivity contribution >= 4 is 32.1 Å². The van der Waals surface area contributed by atoms with Gasteiger partial charge in [0.05, 0.1) is 16.4 Å². The Morgan fingerprint density at radius 2 is 1.26 bits per heavy atom. The summed E-state index contributed by atoms with van der Waals surface area (Å²) in [6.45, 7) is 11.7. The number of sulfonamides is 1. The van der Waals surface area contributed by atoms with Crippen LogP contribution in [0.3, 0.4) is 0 Å². The van der Waals surface area contributed by atoms with Crippen molar-refractivity contribution in [3.8, 4) is 17.2 Å². The van der Waals surface area contributed by atoms with Gasteiger partial charge in [-0.25, -0.2) is 13.1 Å². The third-order valence-electron chi connectivity index (χ3n) is 8.30. The van der Waals surface area contributed by atoms with Crippen molar-refractivity contribution in [2.45, 2.75) is 43.9 Å². The Labute approximate surface area is 303 Å². The molecule has 0 bridgehead atoms. The molecule has 0 aromatic heterocycles. The van der Waals surface area contributed by atoms with Gasteiger partial charge in [-0.3, -0.25) is 0 Å². The van der Waals surface area contributed by atoms with E-state index in [4.69, 9.17) is 4.74 Å². The molecule has 9 nitrogen and oxygen atoms in total. The van der Waals surface area contributed by atoms with Crippen molar-refractivity contribution in [2.24, 2.45) is 0 Å². The molecular formula is C35H39N3O6S2U. The van der Waals surface area contributed by atoms with Crippen LogP contribution >= 0.6 is 0 Å². The van der Waals surface area contributed by atoms with Crippen LogP contribution in [0.15, 0.2) is 88.7 Å². The summed E-state index contributed by atoms with van der Waals surface area (Å²) in [5.74, 6) is 1.97. The van der Waals surface area contributed by atoms with Gasteiger partial charge in [0.2, 0.25) is 10.0 Å². The van der Waals surface area contributed by atoms with Crippen molar-refractivity contribution in [3.05, 3.63) is 107 Å². The maximum atomic E-state index is 13.3. The summed E-state index contributed by atoms with van der Waals surface area (Å²) in [5.41, 5.74) is 4.63. The van der Waals surface area contributed by atoms with E-state index in [2.05, 4.69) is 42.2 Å². The third kappa shape index (κ3) is 7.95. The van der Waals surface area contributed by atoms with Gasteiger partial charge in [-0.05, 0) is 75.1 Å². The summed E-state index contributed by atoms with van der Waals surface area (Å²) in [4.78, 5) is 4.13. The van der Waals surface area contributed by atoms with Crippen molar-refractivity contribution in [3.63, 3.8) is 0 Å². The molecule has 1 aliphatic rings. The Hall–Kier alpha value is -3.14. The molecule has 47 heavy (non-hydrogen) atoms. The second kappa shape index (κ2) is 15.8. The second-order valence-electron chi connectivity index (χ2n) is 10.9. The van der Waals surface area contributed by atoms with Gasteiger partial charge in [0.25, 0.3) is 0 Å². The zero-order chi connectivity index (χ0) is 33.0. The Kier molecular flexibility index (Phi) is 12.4. The number of nitrogens with zero attached hydrogens (tertiary/aromatic N) is 2. The number of phenolic OH excluding ortho intramolecular Hbond substituents is 1. The maximum absolute atomic E-state index is 13.3. The fourth-order valence-electron chi connectivity index (χ4n) is 5.82. The number of aromatic hydroxyl groups is 1. The first-order valence-electron chi connectivity index (χ1n) is 15.4. The average Bonchev–Trinajstić information content (AvgIpc) is 3.05. The summed E-state index contributed by atoms with van der Waals surface area (Å²) in [6, 6.07) is 22.5. The molecule has 12 heteroatoms. The Morgan fingerprint density at radius 3 is 1.74 bits per heavy atom. The monoisotopic (exact) mass is 899 g/mol. The molecule has 1 aliphatic heterocycles. The zero-order valence-corrected chi connectivity index (χ0v) is 32.7. The van der Waals surface area contributed by atoms with E-state index >= 15 is 0 Å². The van der Waals surface area contributed by atoms with Gasteiger partial charge in [0, 0.05) is 44.1 Å². The number of rotatable bonds is 13. The van der Waals surface area contributed by atoms with Gasteiger partial charge in [-0.2, -0.15) is 0 Å². The molecule has 0 radical (unpaired) electrons. The molecule has 5 rings (SSSR count). The molecule has 0 saturated carbocycles. The minimum absolute atomic E-state index is 0. The van der Waals surface area contributed by atoms with Crippen LogP contribution in [0.2, 0.25) is 0 Å². The fourth-order valence-corrected chi connectivity index (χ4v) is 7.52. The van der Waals surface area contributed by atoms with Crippen LogP contribution in [0.5, 0.6) is 17.2 Å². The molecule has 2 N–H and O–H groups in total. The molecular weight excluding hydrogens is 861 g/mol. The van der Waals surface area contributed by atoms with E-state index in [9.17, 15) is 21.9 Å². The van der Waals surface area contributed by atoms with Gasteiger partial charge in [0.1, 0.15) is 5.75 Å². The number of benzene rings is 4. The van der Waals surface area contributed by atoms with Crippen molar-refractivity contribution in [1.82, 2.24) is 4.72 Å². The van der Waals surface area contributed by atoms with Crippen molar-refractivity contribution in [1.29, 1.82) is 0 Å². The standard InChI is InChI=1S/C35H39N3O6S2.U/c1-5-37(6-2)25-11-16-29-32(21-25)44-33-22-26(38(7-3)8-4)12-17-30(33)35(29)31-18-15-28(23-34(31)45(40)41)46(42,43)36-20-19-24-9-13-27(39)14-10-24;/h9-18,21-23,36,39H,5-8,19-20H2,1-4H3;/q-2;+2. The third-order valence-corrected chi connectivity index (χ3v) is 10.5. The van der Waals surface area contributed by atoms with Crippen LogP contribution in [0.4, 0.5) is 11.4 Å². The summed E-state index contributed by atoms with van der Waals surface area (Å²) < 4.78 is 61.1. The topological polar surface area (TPSA) is 116 Å². The molecule has 4 aromatic carbocycles. The van der Waals surface area contributed by atoms with Gasteiger partial charge in [-0.1, -0.05) is 71.2 Å².